The van der Waals surface area contributed by atoms with Crippen LogP contribution in [0.4, 0.5) is 5.69 Å². The van der Waals surface area contributed by atoms with Crippen LogP contribution in [-0.2, 0) is 14.8 Å². The summed E-state index contributed by atoms with van der Waals surface area (Å²) in [6.07, 6.45) is 0. The Kier molecular flexibility index (Phi) is 6.50. The molecule has 0 aromatic heterocycles. The third-order valence-corrected chi connectivity index (χ3v) is 6.86. The Balaban J connectivity index is 1.63. The van der Waals surface area contributed by atoms with Crippen LogP contribution < -0.4 is 9.62 Å². The van der Waals surface area contributed by atoms with Crippen molar-refractivity contribution in [1.82, 2.24) is 9.62 Å². The van der Waals surface area contributed by atoms with E-state index in [2.05, 4.69) is 9.62 Å². The highest BCUT2D eigenvalue weighted by atomic mass is 35.5. The van der Waals surface area contributed by atoms with E-state index in [1.807, 2.05) is 30.3 Å². The van der Waals surface area contributed by atoms with Gasteiger partial charge in [-0.05, 0) is 37.3 Å². The van der Waals surface area contributed by atoms with Crippen molar-refractivity contribution in [3.05, 3.63) is 58.6 Å². The summed E-state index contributed by atoms with van der Waals surface area (Å²) in [6, 6.07) is 13.2. The first kappa shape index (κ1) is 20.9. The predicted molar refractivity (Wildman–Crippen MR) is 111 cm³/mol. The summed E-state index contributed by atoms with van der Waals surface area (Å²) < 4.78 is 27.6. The van der Waals surface area contributed by atoms with Crippen molar-refractivity contribution in [1.29, 1.82) is 0 Å². The number of carbonyl (C=O) groups excluding carboxylic acids is 1. The van der Waals surface area contributed by atoms with Crippen LogP contribution in [0.25, 0.3) is 0 Å². The second-order valence-corrected chi connectivity index (χ2v) is 9.09. The smallest absolute Gasteiger partial charge is 0.242 e. The Bertz CT molecular complexity index is 946. The third kappa shape index (κ3) is 4.78. The van der Waals surface area contributed by atoms with E-state index in [1.165, 1.54) is 25.1 Å². The maximum Gasteiger partial charge on any atom is 0.242 e. The first-order valence-corrected chi connectivity index (χ1v) is 11.1. The molecule has 0 spiro atoms. The summed E-state index contributed by atoms with van der Waals surface area (Å²) >= 11 is 11.9. The average molecular weight is 442 g/mol. The molecule has 1 saturated heterocycles. The molecule has 2 aromatic rings. The number of hydrogen-bond donors (Lipinski definition) is 1. The zero-order valence-corrected chi connectivity index (χ0v) is 17.6. The fourth-order valence-corrected chi connectivity index (χ4v) is 5.09. The summed E-state index contributed by atoms with van der Waals surface area (Å²) in [6.45, 7) is 3.96. The number of sulfonamides is 1. The summed E-state index contributed by atoms with van der Waals surface area (Å²) in [5.41, 5.74) is 1.11. The van der Waals surface area contributed by atoms with E-state index in [0.717, 1.165) is 5.69 Å². The van der Waals surface area contributed by atoms with Crippen LogP contribution in [0, 0.1) is 0 Å². The number of hydrogen-bond acceptors (Lipinski definition) is 4. The first-order valence-electron chi connectivity index (χ1n) is 8.84. The lowest BCUT2D eigenvalue weighted by Gasteiger charge is -2.37. The molecule has 9 heteroatoms. The Hall–Kier alpha value is -1.80. The van der Waals surface area contributed by atoms with Crippen molar-refractivity contribution in [2.45, 2.75) is 17.9 Å². The van der Waals surface area contributed by atoms with Crippen molar-refractivity contribution in [2.75, 3.05) is 31.1 Å². The number of para-hydroxylation sites is 1. The monoisotopic (exact) mass is 441 g/mol. The number of rotatable bonds is 5. The molecule has 1 heterocycles. The molecule has 2 aromatic carbocycles. The van der Waals surface area contributed by atoms with Gasteiger partial charge in [0.25, 0.3) is 0 Å². The molecule has 1 atom stereocenters. The van der Waals surface area contributed by atoms with Gasteiger partial charge in [-0.25, -0.2) is 8.42 Å². The summed E-state index contributed by atoms with van der Waals surface area (Å²) in [5.74, 6) is -0.269. The molecule has 150 valence electrons. The SMILES string of the molecule is C[C@H](NS(=O)(=O)c1cc(Cl)ccc1Cl)C(=O)N1CCN(c2ccccc2)CC1. The topological polar surface area (TPSA) is 69.7 Å². The lowest BCUT2D eigenvalue weighted by Crippen LogP contribution is -2.54. The molecular formula is C19H21Cl2N3O3S. The quantitative estimate of drug-likeness (QED) is 0.773. The highest BCUT2D eigenvalue weighted by Crippen LogP contribution is 2.25. The van der Waals surface area contributed by atoms with E-state index in [4.69, 9.17) is 23.2 Å². The second-order valence-electron chi connectivity index (χ2n) is 6.57. The van der Waals surface area contributed by atoms with Gasteiger partial charge in [-0.15, -0.1) is 0 Å². The number of carbonyl (C=O) groups is 1. The van der Waals surface area contributed by atoms with Crippen LogP contribution >= 0.6 is 23.2 Å². The molecule has 28 heavy (non-hydrogen) atoms. The zero-order chi connectivity index (χ0) is 20.3. The van der Waals surface area contributed by atoms with Gasteiger partial charge in [0.15, 0.2) is 0 Å². The zero-order valence-electron chi connectivity index (χ0n) is 15.3. The Morgan fingerprint density at radius 1 is 1.04 bits per heavy atom. The maximum atomic E-state index is 12.7. The van der Waals surface area contributed by atoms with Crippen molar-refractivity contribution in [3.63, 3.8) is 0 Å². The normalized spacial score (nSPS) is 16.1. The average Bonchev–Trinajstić information content (AvgIpc) is 2.69. The molecule has 6 nitrogen and oxygen atoms in total. The van der Waals surface area contributed by atoms with Crippen molar-refractivity contribution in [3.8, 4) is 0 Å². The van der Waals surface area contributed by atoms with Gasteiger partial charge in [-0.1, -0.05) is 41.4 Å². The van der Waals surface area contributed by atoms with E-state index >= 15 is 0 Å². The van der Waals surface area contributed by atoms with E-state index < -0.39 is 16.1 Å². The number of halogens is 2. The van der Waals surface area contributed by atoms with Crippen molar-refractivity contribution in [2.24, 2.45) is 0 Å². The lowest BCUT2D eigenvalue weighted by atomic mass is 10.2. The summed E-state index contributed by atoms with van der Waals surface area (Å²) in [5, 5.41) is 0.300. The highest BCUT2D eigenvalue weighted by molar-refractivity contribution is 7.89. The Morgan fingerprint density at radius 3 is 2.32 bits per heavy atom. The number of amides is 1. The van der Waals surface area contributed by atoms with Gasteiger partial charge in [0.1, 0.15) is 4.90 Å². The largest absolute Gasteiger partial charge is 0.368 e. The van der Waals surface area contributed by atoms with E-state index in [9.17, 15) is 13.2 Å². The van der Waals surface area contributed by atoms with Crippen LogP contribution in [0.1, 0.15) is 6.92 Å². The van der Waals surface area contributed by atoms with Gasteiger partial charge >= 0.3 is 0 Å². The highest BCUT2D eigenvalue weighted by Gasteiger charge is 2.29. The minimum Gasteiger partial charge on any atom is -0.368 e. The second kappa shape index (κ2) is 8.69. The third-order valence-electron chi connectivity index (χ3n) is 4.60. The molecular weight excluding hydrogens is 421 g/mol. The van der Waals surface area contributed by atoms with Crippen LogP contribution in [0.15, 0.2) is 53.4 Å². The molecule has 3 rings (SSSR count). The number of benzene rings is 2. The van der Waals surface area contributed by atoms with Crippen LogP contribution in [0.5, 0.6) is 0 Å². The van der Waals surface area contributed by atoms with Crippen LogP contribution in [0.3, 0.4) is 0 Å². The van der Waals surface area contributed by atoms with Gasteiger partial charge < -0.3 is 9.80 Å². The van der Waals surface area contributed by atoms with Crippen molar-refractivity contribution < 1.29 is 13.2 Å². The molecule has 1 aliphatic heterocycles. The number of nitrogens with one attached hydrogen (secondary N) is 1. The van der Waals surface area contributed by atoms with E-state index in [0.29, 0.717) is 26.2 Å². The minimum absolute atomic E-state index is 0.0491. The predicted octanol–water partition coefficient (Wildman–Crippen LogP) is 3.01. The summed E-state index contributed by atoms with van der Waals surface area (Å²) in [4.78, 5) is 16.5. The van der Waals surface area contributed by atoms with Crippen LogP contribution in [-0.4, -0.2) is 51.4 Å². The van der Waals surface area contributed by atoms with Crippen molar-refractivity contribution >= 4 is 44.8 Å². The molecule has 1 fully saturated rings. The first-order chi connectivity index (χ1) is 13.3. The molecule has 1 amide bonds. The van der Waals surface area contributed by atoms with Gasteiger partial charge in [-0.2, -0.15) is 4.72 Å². The van der Waals surface area contributed by atoms with E-state index in [1.54, 1.807) is 4.90 Å². The van der Waals surface area contributed by atoms with Gasteiger partial charge in [0.2, 0.25) is 15.9 Å². The van der Waals surface area contributed by atoms with E-state index in [-0.39, 0.29) is 20.8 Å². The fraction of sp³-hybridized carbons (Fsp3) is 0.316. The number of piperazine rings is 1. The molecule has 0 radical (unpaired) electrons. The number of anilines is 1. The molecule has 0 saturated carbocycles. The molecule has 0 unspecified atom stereocenters. The standard InChI is InChI=1S/C19H21Cl2N3O3S/c1-14(22-28(26,27)18-13-15(20)7-8-17(18)21)19(25)24-11-9-23(10-12-24)16-5-3-2-4-6-16/h2-8,13-14,22H,9-12H2,1H3/t14-/m0/s1. The molecule has 1 aliphatic rings. The molecule has 0 bridgehead atoms. The van der Waals surface area contributed by atoms with Gasteiger partial charge in [-0.3, -0.25) is 4.79 Å². The Labute approximate surface area is 175 Å². The Morgan fingerprint density at radius 2 is 1.68 bits per heavy atom. The maximum absolute atomic E-state index is 12.7. The number of nitrogens with zero attached hydrogens (tertiary/aromatic N) is 2. The molecule has 0 aliphatic carbocycles. The fourth-order valence-electron chi connectivity index (χ4n) is 3.13. The molecule has 1 N–H and O–H groups in total. The summed E-state index contributed by atoms with van der Waals surface area (Å²) in [7, 11) is -3.97. The minimum atomic E-state index is -3.97. The van der Waals surface area contributed by atoms with Gasteiger partial charge in [0.05, 0.1) is 11.1 Å². The van der Waals surface area contributed by atoms with Crippen LogP contribution in [0.2, 0.25) is 10.0 Å². The van der Waals surface area contributed by atoms with Gasteiger partial charge in [0, 0.05) is 36.9 Å². The lowest BCUT2D eigenvalue weighted by molar-refractivity contribution is -0.132.